The number of ether oxygens (including phenoxy) is 3. The number of unbranched alkanes of at least 4 members (excludes halogenated alkanes) is 27. The Balaban J connectivity index is 4.45. The Hall–Kier alpha value is -3.67. The van der Waals surface area contributed by atoms with E-state index in [-0.39, 0.29) is 37.5 Å². The minimum absolute atomic E-state index is 0.0985. The van der Waals surface area contributed by atoms with E-state index in [1.54, 1.807) is 0 Å². The first-order chi connectivity index (χ1) is 33.0. The molecule has 1 atom stereocenters. The highest BCUT2D eigenvalue weighted by Gasteiger charge is 2.19. The second-order valence-electron chi connectivity index (χ2n) is 18.3. The molecule has 0 aromatic heterocycles. The fourth-order valence-corrected chi connectivity index (χ4v) is 7.51. The summed E-state index contributed by atoms with van der Waals surface area (Å²) in [6.45, 7) is 6.42. The summed E-state index contributed by atoms with van der Waals surface area (Å²) in [5.74, 6) is -0.947. The predicted octanol–water partition coefficient (Wildman–Crippen LogP) is 18.5. The average molecular weight is 931 g/mol. The summed E-state index contributed by atoms with van der Waals surface area (Å²) < 4.78 is 16.8. The number of rotatable bonds is 49. The molecular formula is C61H102O6. The van der Waals surface area contributed by atoms with Crippen molar-refractivity contribution in [1.82, 2.24) is 0 Å². The third kappa shape index (κ3) is 53.2. The van der Waals surface area contributed by atoms with E-state index in [0.717, 1.165) is 64.2 Å². The molecular weight excluding hydrogens is 829 g/mol. The molecule has 6 heteroatoms. The molecule has 0 spiro atoms. The molecule has 0 aliphatic rings. The molecule has 382 valence electrons. The summed E-state index contributed by atoms with van der Waals surface area (Å²) in [6, 6.07) is 0. The van der Waals surface area contributed by atoms with Gasteiger partial charge in [0.25, 0.3) is 0 Å². The molecule has 0 amide bonds. The maximum absolute atomic E-state index is 12.8. The van der Waals surface area contributed by atoms with E-state index < -0.39 is 6.10 Å². The molecule has 67 heavy (non-hydrogen) atoms. The Morgan fingerprint density at radius 3 is 1.01 bits per heavy atom. The monoisotopic (exact) mass is 931 g/mol. The molecule has 0 bridgehead atoms. The molecule has 0 N–H and O–H groups in total. The highest BCUT2D eigenvalue weighted by Crippen LogP contribution is 2.15. The topological polar surface area (TPSA) is 78.9 Å². The Morgan fingerprint density at radius 1 is 0.313 bits per heavy atom. The molecule has 0 aliphatic heterocycles. The fourth-order valence-electron chi connectivity index (χ4n) is 7.51. The van der Waals surface area contributed by atoms with Crippen LogP contribution in [0.3, 0.4) is 0 Å². The SMILES string of the molecule is CC\C=C/C=C\C=C/C=C\C=C/CCCCCC(=O)OC(COC(=O)CCCCCCCCC/C=C\CCCCCC)COC(=O)CCCCCCCCCCCC/C=C\C=C/CCCCC. The van der Waals surface area contributed by atoms with Gasteiger partial charge in [-0.25, -0.2) is 0 Å². The van der Waals surface area contributed by atoms with Crippen LogP contribution < -0.4 is 0 Å². The summed E-state index contributed by atoms with van der Waals surface area (Å²) >= 11 is 0. The smallest absolute Gasteiger partial charge is 0.306 e. The van der Waals surface area contributed by atoms with Crippen molar-refractivity contribution < 1.29 is 28.6 Å². The lowest BCUT2D eigenvalue weighted by atomic mass is 10.1. The number of carbonyl (C=O) groups is 3. The lowest BCUT2D eigenvalue weighted by Crippen LogP contribution is -2.30. The second kappa shape index (κ2) is 54.9. The normalized spacial score (nSPS) is 12.8. The van der Waals surface area contributed by atoms with Crippen LogP contribution in [0.1, 0.15) is 252 Å². The van der Waals surface area contributed by atoms with Gasteiger partial charge in [-0.3, -0.25) is 14.4 Å². The van der Waals surface area contributed by atoms with Gasteiger partial charge in [0.2, 0.25) is 0 Å². The second-order valence-corrected chi connectivity index (χ2v) is 18.3. The summed E-state index contributed by atoms with van der Waals surface area (Å²) in [6.07, 6.45) is 72.5. The van der Waals surface area contributed by atoms with Gasteiger partial charge in [0.1, 0.15) is 13.2 Å². The molecule has 0 aromatic rings. The molecule has 0 aliphatic carbocycles. The van der Waals surface area contributed by atoms with Gasteiger partial charge in [0, 0.05) is 19.3 Å². The van der Waals surface area contributed by atoms with E-state index in [9.17, 15) is 14.4 Å². The van der Waals surface area contributed by atoms with Gasteiger partial charge in [-0.1, -0.05) is 240 Å². The summed E-state index contributed by atoms with van der Waals surface area (Å²) in [7, 11) is 0. The van der Waals surface area contributed by atoms with Gasteiger partial charge in [0.15, 0.2) is 6.10 Å². The molecule has 0 radical (unpaired) electrons. The minimum Gasteiger partial charge on any atom is -0.462 e. The van der Waals surface area contributed by atoms with Crippen LogP contribution in [0.25, 0.3) is 0 Å². The molecule has 6 nitrogen and oxygen atoms in total. The van der Waals surface area contributed by atoms with Crippen LogP contribution in [0.4, 0.5) is 0 Å². The molecule has 0 saturated carbocycles. The van der Waals surface area contributed by atoms with Crippen molar-refractivity contribution in [2.24, 2.45) is 0 Å². The lowest BCUT2D eigenvalue weighted by Gasteiger charge is -2.18. The molecule has 0 aromatic carbocycles. The van der Waals surface area contributed by atoms with Crippen LogP contribution in [0.5, 0.6) is 0 Å². The number of hydrogen-bond donors (Lipinski definition) is 0. The van der Waals surface area contributed by atoms with Crippen LogP contribution in [-0.4, -0.2) is 37.2 Å². The molecule has 1 unspecified atom stereocenters. The zero-order chi connectivity index (χ0) is 48.6. The van der Waals surface area contributed by atoms with Crippen molar-refractivity contribution in [2.75, 3.05) is 13.2 Å². The number of esters is 3. The first-order valence-corrected chi connectivity index (χ1v) is 27.8. The standard InChI is InChI=1S/C61H102O6/c1-4-7-10-13-16-19-22-25-28-29-30-31-34-36-39-42-45-48-51-54-60(63)66-57-58(67-61(64)55-52-49-46-43-40-37-33-27-24-21-18-15-12-9-6-3)56-65-59(62)53-50-47-44-41-38-35-32-26-23-20-17-14-11-8-5-2/h9,12,15-16,18-25,27,33,37,40,58H,4-8,10-11,13-14,17,26,28-32,34-36,38-39,41-57H2,1-3H3/b12-9-,18-15-,19-16-,23-20-,24-21-,25-22-,33-27-,40-37-. The average Bonchev–Trinajstić information content (AvgIpc) is 3.33. The van der Waals surface area contributed by atoms with E-state index in [2.05, 4.69) is 69.4 Å². The van der Waals surface area contributed by atoms with Crippen LogP contribution >= 0.6 is 0 Å². The Kier molecular flexibility index (Phi) is 51.9. The lowest BCUT2D eigenvalue weighted by molar-refractivity contribution is -0.167. The Bertz CT molecular complexity index is 1350. The largest absolute Gasteiger partial charge is 0.462 e. The summed E-state index contributed by atoms with van der Waals surface area (Å²) in [4.78, 5) is 38.1. The number of hydrogen-bond acceptors (Lipinski definition) is 6. The summed E-state index contributed by atoms with van der Waals surface area (Å²) in [5.41, 5.74) is 0. The van der Waals surface area contributed by atoms with Crippen LogP contribution in [0, 0.1) is 0 Å². The fraction of sp³-hybridized carbons (Fsp3) is 0.689. The molecule has 0 fully saturated rings. The minimum atomic E-state index is -0.804. The van der Waals surface area contributed by atoms with Crippen LogP contribution in [0.15, 0.2) is 97.2 Å². The predicted molar refractivity (Wildman–Crippen MR) is 288 cm³/mol. The molecule has 0 heterocycles. The van der Waals surface area contributed by atoms with E-state index in [1.807, 2.05) is 48.6 Å². The first kappa shape index (κ1) is 63.3. The highest BCUT2D eigenvalue weighted by molar-refractivity contribution is 5.71. The highest BCUT2D eigenvalue weighted by atomic mass is 16.6. The van der Waals surface area contributed by atoms with E-state index >= 15 is 0 Å². The van der Waals surface area contributed by atoms with E-state index in [4.69, 9.17) is 14.2 Å². The van der Waals surface area contributed by atoms with E-state index in [0.29, 0.717) is 19.3 Å². The maximum atomic E-state index is 12.8. The third-order valence-electron chi connectivity index (χ3n) is 11.7. The maximum Gasteiger partial charge on any atom is 0.306 e. The Morgan fingerprint density at radius 2 is 0.597 bits per heavy atom. The summed E-state index contributed by atoms with van der Waals surface area (Å²) in [5, 5.41) is 0. The van der Waals surface area contributed by atoms with Crippen molar-refractivity contribution in [3.63, 3.8) is 0 Å². The van der Waals surface area contributed by atoms with Gasteiger partial charge in [0.05, 0.1) is 0 Å². The van der Waals surface area contributed by atoms with Crippen LogP contribution in [0.2, 0.25) is 0 Å². The van der Waals surface area contributed by atoms with Gasteiger partial charge in [-0.2, -0.15) is 0 Å². The first-order valence-electron chi connectivity index (χ1n) is 27.8. The van der Waals surface area contributed by atoms with Crippen molar-refractivity contribution in [1.29, 1.82) is 0 Å². The molecule has 0 saturated heterocycles. The van der Waals surface area contributed by atoms with Crippen molar-refractivity contribution in [2.45, 2.75) is 258 Å². The van der Waals surface area contributed by atoms with Gasteiger partial charge in [-0.05, 0) is 89.9 Å². The Labute approximate surface area is 413 Å². The molecule has 0 rings (SSSR count). The van der Waals surface area contributed by atoms with Crippen LogP contribution in [-0.2, 0) is 28.6 Å². The quantitative estimate of drug-likeness (QED) is 0.0199. The third-order valence-corrected chi connectivity index (χ3v) is 11.7. The van der Waals surface area contributed by atoms with Gasteiger partial charge < -0.3 is 14.2 Å². The number of allylic oxidation sites excluding steroid dienone is 16. The zero-order valence-corrected chi connectivity index (χ0v) is 43.6. The van der Waals surface area contributed by atoms with Crippen molar-refractivity contribution in [3.05, 3.63) is 97.2 Å². The van der Waals surface area contributed by atoms with Gasteiger partial charge in [-0.15, -0.1) is 0 Å². The number of carbonyl (C=O) groups excluding carboxylic acids is 3. The van der Waals surface area contributed by atoms with E-state index in [1.165, 1.54) is 141 Å². The zero-order valence-electron chi connectivity index (χ0n) is 43.6. The van der Waals surface area contributed by atoms with Crippen molar-refractivity contribution in [3.8, 4) is 0 Å². The van der Waals surface area contributed by atoms with Gasteiger partial charge >= 0.3 is 17.9 Å². The van der Waals surface area contributed by atoms with Crippen molar-refractivity contribution >= 4 is 17.9 Å².